The summed E-state index contributed by atoms with van der Waals surface area (Å²) in [5.74, 6) is 0. The van der Waals surface area contributed by atoms with E-state index in [1.165, 1.54) is 153 Å². The van der Waals surface area contributed by atoms with E-state index in [2.05, 4.69) is 325 Å². The fourth-order valence-corrected chi connectivity index (χ4v) is 14.7. The molecule has 0 aliphatic carbocycles. The van der Waals surface area contributed by atoms with E-state index < -0.39 is 0 Å². The molecule has 0 aliphatic rings. The zero-order chi connectivity index (χ0) is 56.4. The third-order valence-corrected chi connectivity index (χ3v) is 18.4. The Labute approximate surface area is 496 Å². The molecule has 0 bridgehead atoms. The van der Waals surface area contributed by atoms with Crippen molar-refractivity contribution in [3.63, 3.8) is 0 Å². The monoisotopic (exact) mass is 1090 g/mol. The van der Waals surface area contributed by atoms with Gasteiger partial charge in [-0.05, 0) is 199 Å². The van der Waals surface area contributed by atoms with Gasteiger partial charge in [0.05, 0.1) is 22.1 Å². The Morgan fingerprint density at radius 2 is 0.523 bits per heavy atom. The van der Waals surface area contributed by atoms with Crippen LogP contribution in [0.2, 0.25) is 0 Å². The topological polar surface area (TPSA) is 9.86 Å². The van der Waals surface area contributed by atoms with Crippen LogP contribution in [0.3, 0.4) is 0 Å². The van der Waals surface area contributed by atoms with E-state index in [4.69, 9.17) is 0 Å². The van der Waals surface area contributed by atoms with Gasteiger partial charge in [-0.1, -0.05) is 237 Å². The number of fused-ring (bicyclic) bond motifs is 18. The second kappa shape index (κ2) is 19.1. The Bertz CT molecular complexity index is 5780. The molecule has 398 valence electrons. The van der Waals surface area contributed by atoms with Crippen molar-refractivity contribution in [1.29, 1.82) is 0 Å². The van der Waals surface area contributed by atoms with Crippen LogP contribution >= 0.6 is 0 Å². The summed E-state index contributed by atoms with van der Waals surface area (Å²) in [5.41, 5.74) is 18.9. The van der Waals surface area contributed by atoms with Crippen LogP contribution in [-0.4, -0.2) is 9.13 Å². The molecular weight excluding hydrogens is 1040 g/mol. The summed E-state index contributed by atoms with van der Waals surface area (Å²) in [6.07, 6.45) is 0. The Morgan fingerprint density at radius 3 is 1.12 bits per heavy atom. The smallest absolute Gasteiger partial charge is 0.0547 e. The summed E-state index contributed by atoms with van der Waals surface area (Å²) < 4.78 is 4.88. The minimum atomic E-state index is 1.13. The average molecular weight is 1090 g/mol. The first-order valence-corrected chi connectivity index (χ1v) is 29.8. The molecule has 0 spiro atoms. The standard InChI is InChI=1S/C84H52N2/c1-3-25-59(26-4-1)85-79-41-16-15-37-73(79)84-62(39-20-42-81(84)85)56-23-18-24-57(48-56)74-51-76-68-34-11-8-29-63(68)64-30-9-12-35-69(64)77(76)52-75(74)58-43-45-70-78-49-54(44-46-80(78)86(82(70)50-58)60-27-5-2-6-28-60)53-21-17-22-55(47-53)61-38-19-40-72-67-32-10-7-31-65(67)66-33-13-14-36-71(66)83(61)72/h1-52H. The van der Waals surface area contributed by atoms with Gasteiger partial charge in [0.1, 0.15) is 0 Å². The van der Waals surface area contributed by atoms with Crippen LogP contribution in [0, 0.1) is 0 Å². The lowest BCUT2D eigenvalue weighted by atomic mass is 9.86. The molecule has 0 saturated carbocycles. The van der Waals surface area contributed by atoms with Gasteiger partial charge in [-0.15, -0.1) is 0 Å². The highest BCUT2D eigenvalue weighted by Gasteiger charge is 2.22. The van der Waals surface area contributed by atoms with E-state index >= 15 is 0 Å². The molecule has 0 fully saturated rings. The molecular formula is C84H52N2. The first-order valence-electron chi connectivity index (χ1n) is 29.8. The molecule has 86 heavy (non-hydrogen) atoms. The van der Waals surface area contributed by atoms with Crippen molar-refractivity contribution in [2.45, 2.75) is 0 Å². The van der Waals surface area contributed by atoms with Crippen LogP contribution in [0.4, 0.5) is 0 Å². The maximum atomic E-state index is 2.49. The van der Waals surface area contributed by atoms with E-state index in [1.54, 1.807) is 0 Å². The SMILES string of the molecule is c1ccc(-n2c3ccc(-c4cccc(-c5cccc6c7ccccc7c7ccccc7c56)c4)cc3c3ccc(-c4cc5c6ccccc6c6ccccc6c5cc4-c4cccc(-c5cccc6c5c5ccccc5n6-c5ccccc5)c4)cc32)cc1. The summed E-state index contributed by atoms with van der Waals surface area (Å²) in [5, 5.41) is 20.1. The number of hydrogen-bond acceptors (Lipinski definition) is 0. The van der Waals surface area contributed by atoms with Crippen LogP contribution in [0.15, 0.2) is 315 Å². The van der Waals surface area contributed by atoms with Crippen molar-refractivity contribution >= 4 is 108 Å². The molecule has 0 atom stereocenters. The Morgan fingerprint density at radius 1 is 0.151 bits per heavy atom. The zero-order valence-corrected chi connectivity index (χ0v) is 46.9. The summed E-state index contributed by atoms with van der Waals surface area (Å²) >= 11 is 0. The van der Waals surface area contributed by atoms with Gasteiger partial charge >= 0.3 is 0 Å². The molecule has 18 aromatic rings. The molecule has 0 unspecified atom stereocenters. The Kier molecular flexibility index (Phi) is 10.7. The molecule has 18 rings (SSSR count). The number of para-hydroxylation sites is 3. The summed E-state index contributed by atoms with van der Waals surface area (Å²) in [6, 6.07) is 117. The van der Waals surface area contributed by atoms with Crippen molar-refractivity contribution < 1.29 is 0 Å². The first-order chi connectivity index (χ1) is 42.7. The van der Waals surface area contributed by atoms with Crippen LogP contribution in [-0.2, 0) is 0 Å². The molecule has 2 heterocycles. The van der Waals surface area contributed by atoms with Crippen LogP contribution < -0.4 is 0 Å². The number of nitrogens with zero attached hydrogens (tertiary/aromatic N) is 2. The van der Waals surface area contributed by atoms with Gasteiger partial charge in [-0.3, -0.25) is 0 Å². The fourth-order valence-electron chi connectivity index (χ4n) is 14.7. The van der Waals surface area contributed by atoms with Gasteiger partial charge in [0.15, 0.2) is 0 Å². The maximum Gasteiger partial charge on any atom is 0.0547 e. The van der Waals surface area contributed by atoms with Gasteiger partial charge in [0, 0.05) is 32.9 Å². The minimum absolute atomic E-state index is 1.13. The number of hydrogen-bond donors (Lipinski definition) is 0. The van der Waals surface area contributed by atoms with E-state index in [0.29, 0.717) is 0 Å². The number of benzene rings is 16. The van der Waals surface area contributed by atoms with E-state index in [1.807, 2.05) is 0 Å². The minimum Gasteiger partial charge on any atom is -0.309 e. The lowest BCUT2D eigenvalue weighted by Crippen LogP contribution is -1.94. The highest BCUT2D eigenvalue weighted by Crippen LogP contribution is 2.47. The maximum absolute atomic E-state index is 2.49. The predicted octanol–water partition coefficient (Wildman–Crippen LogP) is 23.1. The molecule has 2 aromatic heterocycles. The van der Waals surface area contributed by atoms with Gasteiger partial charge in [0.25, 0.3) is 0 Å². The fraction of sp³-hybridized carbons (Fsp3) is 0. The quantitative estimate of drug-likeness (QED) is 0.141. The highest BCUT2D eigenvalue weighted by atomic mass is 15.0. The van der Waals surface area contributed by atoms with Crippen molar-refractivity contribution in [3.05, 3.63) is 315 Å². The van der Waals surface area contributed by atoms with Gasteiger partial charge < -0.3 is 9.13 Å². The molecule has 16 aromatic carbocycles. The second-order valence-corrected chi connectivity index (χ2v) is 23.0. The Balaban J connectivity index is 0.839. The molecule has 0 N–H and O–H groups in total. The van der Waals surface area contributed by atoms with Crippen LogP contribution in [0.5, 0.6) is 0 Å². The van der Waals surface area contributed by atoms with Crippen molar-refractivity contribution in [3.8, 4) is 67.0 Å². The molecule has 2 nitrogen and oxygen atoms in total. The second-order valence-electron chi connectivity index (χ2n) is 23.0. The highest BCUT2D eigenvalue weighted by molar-refractivity contribution is 6.29. The lowest BCUT2D eigenvalue weighted by Gasteiger charge is -2.18. The molecule has 0 radical (unpaired) electrons. The predicted molar refractivity (Wildman–Crippen MR) is 367 cm³/mol. The lowest BCUT2D eigenvalue weighted by molar-refractivity contribution is 1.18. The largest absolute Gasteiger partial charge is 0.309 e. The molecule has 0 aliphatic heterocycles. The van der Waals surface area contributed by atoms with Gasteiger partial charge in [0.2, 0.25) is 0 Å². The van der Waals surface area contributed by atoms with Crippen molar-refractivity contribution in [2.24, 2.45) is 0 Å². The number of aromatic nitrogens is 2. The number of rotatable bonds is 7. The average Bonchev–Trinajstić information content (AvgIpc) is 1.36. The molecule has 0 amide bonds. The van der Waals surface area contributed by atoms with Gasteiger partial charge in [-0.2, -0.15) is 0 Å². The van der Waals surface area contributed by atoms with Crippen LogP contribution in [0.1, 0.15) is 0 Å². The summed E-state index contributed by atoms with van der Waals surface area (Å²) in [4.78, 5) is 0. The summed E-state index contributed by atoms with van der Waals surface area (Å²) in [7, 11) is 0. The zero-order valence-electron chi connectivity index (χ0n) is 46.9. The van der Waals surface area contributed by atoms with Crippen molar-refractivity contribution in [1.82, 2.24) is 9.13 Å². The third kappa shape index (κ3) is 7.33. The third-order valence-electron chi connectivity index (χ3n) is 18.4. The normalized spacial score (nSPS) is 12.0. The molecule has 0 saturated heterocycles. The van der Waals surface area contributed by atoms with Crippen LogP contribution in [0.25, 0.3) is 175 Å². The molecule has 2 heteroatoms. The van der Waals surface area contributed by atoms with E-state index in [9.17, 15) is 0 Å². The Hall–Kier alpha value is -11.3. The first kappa shape index (κ1) is 48.2. The van der Waals surface area contributed by atoms with Crippen molar-refractivity contribution in [2.75, 3.05) is 0 Å². The van der Waals surface area contributed by atoms with E-state index in [0.717, 1.165) is 22.5 Å². The van der Waals surface area contributed by atoms with E-state index in [-0.39, 0.29) is 0 Å². The summed E-state index contributed by atoms with van der Waals surface area (Å²) in [6.45, 7) is 0. The van der Waals surface area contributed by atoms with Gasteiger partial charge in [-0.25, -0.2) is 0 Å².